The highest BCUT2D eigenvalue weighted by molar-refractivity contribution is 5.78. The molecule has 1 rings (SSSR count). The Labute approximate surface area is 125 Å². The number of hydrogen-bond donors (Lipinski definition) is 2. The third-order valence-corrected chi connectivity index (χ3v) is 2.93. The van der Waals surface area contributed by atoms with E-state index in [1.807, 2.05) is 6.07 Å². The molecule has 1 aromatic rings. The van der Waals surface area contributed by atoms with Crippen molar-refractivity contribution < 1.29 is 14.6 Å². The maximum absolute atomic E-state index is 11.9. The number of amides is 1. The molecule has 0 aliphatic carbocycles. The van der Waals surface area contributed by atoms with Crippen molar-refractivity contribution in [2.45, 2.75) is 32.7 Å². The Kier molecular flexibility index (Phi) is 7.27. The number of ether oxygens (including phenoxy) is 1. The Morgan fingerprint density at radius 2 is 2.05 bits per heavy atom. The molecule has 5 heteroatoms. The van der Waals surface area contributed by atoms with Gasteiger partial charge in [0.15, 0.2) is 6.61 Å². The van der Waals surface area contributed by atoms with Gasteiger partial charge in [-0.3, -0.25) is 4.79 Å². The summed E-state index contributed by atoms with van der Waals surface area (Å²) in [4.78, 5) is 11.9. The van der Waals surface area contributed by atoms with Crippen LogP contribution in [0, 0.1) is 17.2 Å². The van der Waals surface area contributed by atoms with Gasteiger partial charge in [0.05, 0.1) is 19.1 Å². The first-order chi connectivity index (χ1) is 10.0. The number of benzene rings is 1. The van der Waals surface area contributed by atoms with Gasteiger partial charge in [0.2, 0.25) is 5.91 Å². The standard InChI is InChI=1S/C16H22N2O3/c1-12(2)9-14(11-19)18-16(20)10-13-3-5-15(6-4-13)21-8-7-17/h3-6,12,14,19H,8-11H2,1-2H3,(H,18,20). The van der Waals surface area contributed by atoms with E-state index < -0.39 is 0 Å². The fraction of sp³-hybridized carbons (Fsp3) is 0.500. The van der Waals surface area contributed by atoms with Crippen LogP contribution in [0.5, 0.6) is 5.75 Å². The van der Waals surface area contributed by atoms with Crippen molar-refractivity contribution in [3.63, 3.8) is 0 Å². The number of aliphatic hydroxyl groups excluding tert-OH is 1. The molecule has 0 heterocycles. The number of nitrogens with one attached hydrogen (secondary N) is 1. The predicted molar refractivity (Wildman–Crippen MR) is 79.7 cm³/mol. The molecular formula is C16H22N2O3. The average molecular weight is 290 g/mol. The van der Waals surface area contributed by atoms with E-state index in [2.05, 4.69) is 19.2 Å². The second-order valence-corrected chi connectivity index (χ2v) is 5.34. The van der Waals surface area contributed by atoms with Gasteiger partial charge in [-0.25, -0.2) is 0 Å². The molecule has 0 aromatic heterocycles. The molecule has 0 bridgehead atoms. The van der Waals surface area contributed by atoms with Crippen LogP contribution in [0.15, 0.2) is 24.3 Å². The van der Waals surface area contributed by atoms with Crippen LogP contribution >= 0.6 is 0 Å². The minimum Gasteiger partial charge on any atom is -0.479 e. The predicted octanol–water partition coefficient (Wildman–Crippen LogP) is 1.65. The van der Waals surface area contributed by atoms with E-state index in [1.165, 1.54) is 0 Å². The van der Waals surface area contributed by atoms with E-state index >= 15 is 0 Å². The van der Waals surface area contributed by atoms with E-state index in [4.69, 9.17) is 10.00 Å². The van der Waals surface area contributed by atoms with Crippen molar-refractivity contribution in [3.8, 4) is 11.8 Å². The summed E-state index contributed by atoms with van der Waals surface area (Å²) in [7, 11) is 0. The summed E-state index contributed by atoms with van der Waals surface area (Å²) in [5.74, 6) is 0.910. The molecule has 0 fully saturated rings. The van der Waals surface area contributed by atoms with Gasteiger partial charge < -0.3 is 15.2 Å². The molecule has 114 valence electrons. The number of nitrogens with zero attached hydrogens (tertiary/aromatic N) is 1. The number of aliphatic hydroxyl groups is 1. The van der Waals surface area contributed by atoms with Gasteiger partial charge in [0, 0.05) is 0 Å². The van der Waals surface area contributed by atoms with Gasteiger partial charge >= 0.3 is 0 Å². The lowest BCUT2D eigenvalue weighted by atomic mass is 10.0. The monoisotopic (exact) mass is 290 g/mol. The van der Waals surface area contributed by atoms with Crippen LogP contribution in [0.3, 0.4) is 0 Å². The van der Waals surface area contributed by atoms with Crippen LogP contribution in [-0.2, 0) is 11.2 Å². The lowest BCUT2D eigenvalue weighted by molar-refractivity contribution is -0.121. The van der Waals surface area contributed by atoms with E-state index in [0.29, 0.717) is 11.7 Å². The van der Waals surface area contributed by atoms with Crippen molar-refractivity contribution in [1.82, 2.24) is 5.32 Å². The number of carbonyl (C=O) groups is 1. The quantitative estimate of drug-likeness (QED) is 0.762. The van der Waals surface area contributed by atoms with Crippen molar-refractivity contribution in [1.29, 1.82) is 5.26 Å². The largest absolute Gasteiger partial charge is 0.479 e. The Bertz CT molecular complexity index is 477. The molecule has 5 nitrogen and oxygen atoms in total. The van der Waals surface area contributed by atoms with Crippen molar-refractivity contribution in [2.75, 3.05) is 13.2 Å². The molecule has 1 amide bonds. The first-order valence-corrected chi connectivity index (χ1v) is 7.04. The van der Waals surface area contributed by atoms with Crippen LogP contribution in [0.25, 0.3) is 0 Å². The SMILES string of the molecule is CC(C)CC(CO)NC(=O)Cc1ccc(OCC#N)cc1. The third kappa shape index (κ3) is 6.77. The highest BCUT2D eigenvalue weighted by atomic mass is 16.5. The first kappa shape index (κ1) is 17.0. The zero-order valence-electron chi connectivity index (χ0n) is 12.5. The Balaban J connectivity index is 2.48. The summed E-state index contributed by atoms with van der Waals surface area (Å²) in [5, 5.41) is 20.5. The summed E-state index contributed by atoms with van der Waals surface area (Å²) < 4.78 is 5.15. The molecule has 0 saturated carbocycles. The minimum atomic E-state index is -0.198. The van der Waals surface area contributed by atoms with Crippen LogP contribution in [0.2, 0.25) is 0 Å². The zero-order chi connectivity index (χ0) is 15.7. The molecule has 0 aliphatic heterocycles. The highest BCUT2D eigenvalue weighted by Gasteiger charge is 2.13. The second kappa shape index (κ2) is 8.98. The molecule has 0 aliphatic rings. The second-order valence-electron chi connectivity index (χ2n) is 5.34. The summed E-state index contributed by atoms with van der Waals surface area (Å²) in [6, 6.07) is 8.75. The van der Waals surface area contributed by atoms with Crippen LogP contribution in [-0.4, -0.2) is 30.3 Å². The molecule has 0 radical (unpaired) electrons. The lowest BCUT2D eigenvalue weighted by Crippen LogP contribution is -2.39. The van der Waals surface area contributed by atoms with E-state index in [0.717, 1.165) is 12.0 Å². The number of nitriles is 1. The molecule has 0 saturated heterocycles. The summed E-state index contributed by atoms with van der Waals surface area (Å²) >= 11 is 0. The lowest BCUT2D eigenvalue weighted by Gasteiger charge is -2.18. The number of hydrogen-bond acceptors (Lipinski definition) is 4. The van der Waals surface area contributed by atoms with Crippen LogP contribution in [0.4, 0.5) is 0 Å². The Morgan fingerprint density at radius 1 is 1.38 bits per heavy atom. The Morgan fingerprint density at radius 3 is 2.57 bits per heavy atom. The topological polar surface area (TPSA) is 82.3 Å². The number of rotatable bonds is 8. The normalized spacial score (nSPS) is 11.8. The zero-order valence-corrected chi connectivity index (χ0v) is 12.5. The van der Waals surface area contributed by atoms with Gasteiger partial charge in [-0.15, -0.1) is 0 Å². The van der Waals surface area contributed by atoms with Gasteiger partial charge in [-0.05, 0) is 30.0 Å². The number of carbonyl (C=O) groups excluding carboxylic acids is 1. The summed E-state index contributed by atoms with van der Waals surface area (Å²) in [5.41, 5.74) is 0.859. The summed E-state index contributed by atoms with van der Waals surface area (Å²) in [6.45, 7) is 4.06. The highest BCUT2D eigenvalue weighted by Crippen LogP contribution is 2.12. The molecule has 21 heavy (non-hydrogen) atoms. The molecule has 0 spiro atoms. The smallest absolute Gasteiger partial charge is 0.224 e. The molecule has 1 aromatic carbocycles. The van der Waals surface area contributed by atoms with Crippen molar-refractivity contribution >= 4 is 5.91 Å². The van der Waals surface area contributed by atoms with Crippen LogP contribution in [0.1, 0.15) is 25.8 Å². The van der Waals surface area contributed by atoms with Gasteiger partial charge in [0.1, 0.15) is 11.8 Å². The Hall–Kier alpha value is -2.06. The molecule has 1 unspecified atom stereocenters. The molecule has 2 N–H and O–H groups in total. The van der Waals surface area contributed by atoms with Gasteiger partial charge in [-0.2, -0.15) is 5.26 Å². The van der Waals surface area contributed by atoms with E-state index in [1.54, 1.807) is 24.3 Å². The van der Waals surface area contributed by atoms with Crippen LogP contribution < -0.4 is 10.1 Å². The van der Waals surface area contributed by atoms with E-state index in [9.17, 15) is 9.90 Å². The average Bonchev–Trinajstić information content (AvgIpc) is 2.45. The fourth-order valence-corrected chi connectivity index (χ4v) is 2.03. The molecule has 1 atom stereocenters. The maximum Gasteiger partial charge on any atom is 0.224 e. The van der Waals surface area contributed by atoms with Gasteiger partial charge in [-0.1, -0.05) is 26.0 Å². The fourth-order valence-electron chi connectivity index (χ4n) is 2.03. The molecular weight excluding hydrogens is 268 g/mol. The maximum atomic E-state index is 11.9. The summed E-state index contributed by atoms with van der Waals surface area (Å²) in [6.07, 6.45) is 1.01. The van der Waals surface area contributed by atoms with Crippen molar-refractivity contribution in [2.24, 2.45) is 5.92 Å². The van der Waals surface area contributed by atoms with E-state index in [-0.39, 0.29) is 31.6 Å². The first-order valence-electron chi connectivity index (χ1n) is 7.04. The third-order valence-electron chi connectivity index (χ3n) is 2.93. The minimum absolute atomic E-state index is 0.00716. The van der Waals surface area contributed by atoms with Crippen molar-refractivity contribution in [3.05, 3.63) is 29.8 Å². The van der Waals surface area contributed by atoms with Gasteiger partial charge in [0.25, 0.3) is 0 Å².